The van der Waals surface area contributed by atoms with Gasteiger partial charge in [0, 0.05) is 17.6 Å². The first-order valence-corrected chi connectivity index (χ1v) is 7.60. The highest BCUT2D eigenvalue weighted by atomic mass is 16.3. The molecule has 4 rings (SSSR count). The van der Waals surface area contributed by atoms with E-state index in [1.807, 2.05) is 60.7 Å². The van der Waals surface area contributed by atoms with Crippen LogP contribution in [0.15, 0.2) is 60.7 Å². The summed E-state index contributed by atoms with van der Waals surface area (Å²) in [6.07, 6.45) is 2.24. The number of benzene rings is 3. The highest BCUT2D eigenvalue weighted by molar-refractivity contribution is 5.98. The Labute approximate surface area is 133 Å². The largest absolute Gasteiger partial charge is 0.507 e. The maximum atomic E-state index is 10.8. The van der Waals surface area contributed by atoms with Crippen LogP contribution in [0, 0.1) is 0 Å². The summed E-state index contributed by atoms with van der Waals surface area (Å²) in [5.41, 5.74) is 5.87. The van der Waals surface area contributed by atoms with Gasteiger partial charge in [-0.25, -0.2) is 0 Å². The van der Waals surface area contributed by atoms with Crippen molar-refractivity contribution in [2.24, 2.45) is 5.73 Å². The number of hydrogen-bond acceptors (Lipinski definition) is 3. The van der Waals surface area contributed by atoms with Crippen LogP contribution in [0.2, 0.25) is 0 Å². The fourth-order valence-electron chi connectivity index (χ4n) is 3.38. The lowest BCUT2D eigenvalue weighted by atomic mass is 9.84. The van der Waals surface area contributed by atoms with Crippen molar-refractivity contribution in [2.45, 2.75) is 12.1 Å². The van der Waals surface area contributed by atoms with E-state index in [-0.39, 0.29) is 5.75 Å². The van der Waals surface area contributed by atoms with Crippen molar-refractivity contribution < 1.29 is 10.2 Å². The second-order valence-corrected chi connectivity index (χ2v) is 5.98. The number of rotatable bonds is 1. The lowest BCUT2D eigenvalue weighted by Gasteiger charge is -2.29. The van der Waals surface area contributed by atoms with E-state index in [2.05, 4.69) is 0 Å². The Morgan fingerprint density at radius 1 is 0.913 bits per heavy atom. The molecule has 0 heterocycles. The van der Waals surface area contributed by atoms with Crippen LogP contribution >= 0.6 is 0 Å². The normalized spacial score (nSPS) is 20.2. The van der Waals surface area contributed by atoms with Gasteiger partial charge in [-0.15, -0.1) is 0 Å². The summed E-state index contributed by atoms with van der Waals surface area (Å²) in [6, 6.07) is 19.1. The Morgan fingerprint density at radius 3 is 2.52 bits per heavy atom. The Balaban J connectivity index is 2.23. The van der Waals surface area contributed by atoms with Crippen LogP contribution < -0.4 is 16.2 Å². The van der Waals surface area contributed by atoms with Gasteiger partial charge in [-0.1, -0.05) is 60.7 Å². The van der Waals surface area contributed by atoms with Crippen LogP contribution in [-0.4, -0.2) is 15.9 Å². The number of nitrogens with two attached hydrogens (primary N) is 1. The number of aromatic hydroxyl groups is 1. The molecule has 0 radical (unpaired) electrons. The molecule has 0 amide bonds. The number of aliphatic hydroxyl groups is 1. The minimum absolute atomic E-state index is 0.124. The standard InChI is InChI=1S/C20H17NO2/c21-20(23)12-11-14-6-2-4-8-16(14)19(20)18-15-7-3-1-5-13(15)9-10-17(18)22/h1-11,22-23H,12,21H2. The second kappa shape index (κ2) is 4.95. The lowest BCUT2D eigenvalue weighted by Crippen LogP contribution is -2.49. The van der Waals surface area contributed by atoms with Crippen LogP contribution in [0.4, 0.5) is 0 Å². The molecule has 0 fully saturated rings. The fourth-order valence-corrected chi connectivity index (χ4v) is 3.38. The van der Waals surface area contributed by atoms with E-state index in [0.29, 0.717) is 17.6 Å². The predicted molar refractivity (Wildman–Crippen MR) is 92.0 cm³/mol. The molecule has 3 aromatic rings. The topological polar surface area (TPSA) is 66.5 Å². The first-order chi connectivity index (χ1) is 11.1. The molecule has 1 aliphatic rings. The van der Waals surface area contributed by atoms with Gasteiger partial charge in [-0.2, -0.15) is 0 Å². The third kappa shape index (κ3) is 2.13. The van der Waals surface area contributed by atoms with Gasteiger partial charge in [0.25, 0.3) is 0 Å². The Bertz CT molecular complexity index is 1030. The van der Waals surface area contributed by atoms with Crippen molar-refractivity contribution in [1.29, 1.82) is 0 Å². The van der Waals surface area contributed by atoms with Gasteiger partial charge in [0.1, 0.15) is 11.5 Å². The van der Waals surface area contributed by atoms with Gasteiger partial charge < -0.3 is 10.2 Å². The summed E-state index contributed by atoms with van der Waals surface area (Å²) in [7, 11) is 0. The van der Waals surface area contributed by atoms with Crippen molar-refractivity contribution in [1.82, 2.24) is 0 Å². The molecule has 0 saturated heterocycles. The van der Waals surface area contributed by atoms with Crippen LogP contribution in [-0.2, 0) is 0 Å². The molecule has 0 saturated carbocycles. The smallest absolute Gasteiger partial charge is 0.144 e. The van der Waals surface area contributed by atoms with Gasteiger partial charge in [0.05, 0.1) is 0 Å². The first kappa shape index (κ1) is 14.0. The minimum Gasteiger partial charge on any atom is -0.507 e. The first-order valence-electron chi connectivity index (χ1n) is 7.60. The number of fused-ring (bicyclic) bond motifs is 2. The molecule has 0 spiro atoms. The SMILES string of the molecule is NC1(O)CC=c2ccccc2=C1c1c(O)ccc2ccccc12. The maximum Gasteiger partial charge on any atom is 0.144 e. The van der Waals surface area contributed by atoms with Crippen LogP contribution in [0.3, 0.4) is 0 Å². The van der Waals surface area contributed by atoms with E-state index in [0.717, 1.165) is 21.2 Å². The monoisotopic (exact) mass is 303 g/mol. The van der Waals surface area contributed by atoms with Crippen molar-refractivity contribution in [3.05, 3.63) is 76.7 Å². The zero-order valence-corrected chi connectivity index (χ0v) is 12.5. The van der Waals surface area contributed by atoms with Crippen molar-refractivity contribution in [3.8, 4) is 5.75 Å². The quantitative estimate of drug-likeness (QED) is 0.598. The van der Waals surface area contributed by atoms with Crippen molar-refractivity contribution in [2.75, 3.05) is 0 Å². The third-order valence-electron chi connectivity index (χ3n) is 4.45. The average molecular weight is 303 g/mol. The Morgan fingerprint density at radius 2 is 1.65 bits per heavy atom. The lowest BCUT2D eigenvalue weighted by molar-refractivity contribution is 0.114. The highest BCUT2D eigenvalue weighted by Crippen LogP contribution is 2.36. The van der Waals surface area contributed by atoms with Crippen molar-refractivity contribution in [3.63, 3.8) is 0 Å². The van der Waals surface area contributed by atoms with Gasteiger partial charge in [0.15, 0.2) is 0 Å². The predicted octanol–water partition coefficient (Wildman–Crippen LogP) is 1.58. The molecule has 114 valence electrons. The summed E-state index contributed by atoms with van der Waals surface area (Å²) in [4.78, 5) is 0. The molecular weight excluding hydrogens is 286 g/mol. The maximum absolute atomic E-state index is 10.8. The molecule has 1 unspecified atom stereocenters. The van der Waals surface area contributed by atoms with Crippen LogP contribution in [0.25, 0.3) is 22.4 Å². The summed E-state index contributed by atoms with van der Waals surface area (Å²) in [6.45, 7) is 0. The van der Waals surface area contributed by atoms with Crippen molar-refractivity contribution >= 4 is 22.4 Å². The average Bonchev–Trinajstić information content (AvgIpc) is 2.56. The van der Waals surface area contributed by atoms with Crippen LogP contribution in [0.5, 0.6) is 5.75 Å². The molecule has 1 atom stereocenters. The van der Waals surface area contributed by atoms with E-state index in [1.165, 1.54) is 0 Å². The molecule has 3 aromatic carbocycles. The van der Waals surface area contributed by atoms with E-state index in [4.69, 9.17) is 5.73 Å². The Hall–Kier alpha value is -2.62. The third-order valence-corrected chi connectivity index (χ3v) is 4.45. The number of hydrogen-bond donors (Lipinski definition) is 3. The molecular formula is C20H17NO2. The molecule has 1 aliphatic carbocycles. The molecule has 3 heteroatoms. The zero-order valence-electron chi connectivity index (χ0n) is 12.5. The van der Waals surface area contributed by atoms with Crippen LogP contribution in [0.1, 0.15) is 12.0 Å². The summed E-state index contributed by atoms with van der Waals surface area (Å²) in [5.74, 6) is 0.124. The summed E-state index contributed by atoms with van der Waals surface area (Å²) >= 11 is 0. The zero-order chi connectivity index (χ0) is 16.0. The molecule has 0 aromatic heterocycles. The Kier molecular flexibility index (Phi) is 3.01. The van der Waals surface area contributed by atoms with Gasteiger partial charge >= 0.3 is 0 Å². The van der Waals surface area contributed by atoms with E-state index in [1.54, 1.807) is 6.07 Å². The van der Waals surface area contributed by atoms with Gasteiger partial charge in [-0.05, 0) is 27.3 Å². The number of phenols is 1. The molecule has 0 bridgehead atoms. The van der Waals surface area contributed by atoms with Gasteiger partial charge in [0.2, 0.25) is 0 Å². The molecule has 3 nitrogen and oxygen atoms in total. The molecule has 4 N–H and O–H groups in total. The molecule has 0 aliphatic heterocycles. The summed E-state index contributed by atoms with van der Waals surface area (Å²) in [5, 5.41) is 25.1. The van der Waals surface area contributed by atoms with E-state index >= 15 is 0 Å². The van der Waals surface area contributed by atoms with E-state index in [9.17, 15) is 10.2 Å². The highest BCUT2D eigenvalue weighted by Gasteiger charge is 2.32. The minimum atomic E-state index is -1.52. The summed E-state index contributed by atoms with van der Waals surface area (Å²) < 4.78 is 0. The van der Waals surface area contributed by atoms with Gasteiger partial charge in [-0.3, -0.25) is 5.73 Å². The fraction of sp³-hybridized carbons (Fsp3) is 0.100. The van der Waals surface area contributed by atoms with E-state index < -0.39 is 5.72 Å². The molecule has 23 heavy (non-hydrogen) atoms. The number of phenolic OH excluding ortho intramolecular Hbond substituents is 1. The second-order valence-electron chi connectivity index (χ2n) is 5.98.